The van der Waals surface area contributed by atoms with Gasteiger partial charge in [0, 0.05) is 24.8 Å². The molecule has 0 saturated heterocycles. The highest BCUT2D eigenvalue weighted by atomic mass is 79.9. The number of amides is 1. The molecular weight excluding hydrogens is 242 g/mol. The molecule has 1 amide bonds. The molecule has 0 spiro atoms. The molecular formula is C11H22BrNO. The molecule has 0 aromatic carbocycles. The summed E-state index contributed by atoms with van der Waals surface area (Å²) in [5.74, 6) is 0.461. The summed E-state index contributed by atoms with van der Waals surface area (Å²) in [6.45, 7) is 4.95. The summed E-state index contributed by atoms with van der Waals surface area (Å²) < 4.78 is 0. The van der Waals surface area contributed by atoms with Gasteiger partial charge in [-0.1, -0.05) is 36.2 Å². The molecule has 3 heteroatoms. The topological polar surface area (TPSA) is 20.3 Å². The molecule has 1 unspecified atom stereocenters. The van der Waals surface area contributed by atoms with Crippen LogP contribution >= 0.6 is 15.9 Å². The fourth-order valence-corrected chi connectivity index (χ4v) is 1.68. The van der Waals surface area contributed by atoms with Crippen LogP contribution in [0.1, 0.15) is 39.5 Å². The van der Waals surface area contributed by atoms with Gasteiger partial charge >= 0.3 is 0 Å². The minimum absolute atomic E-state index is 0.177. The largest absolute Gasteiger partial charge is 0.346 e. The smallest absolute Gasteiger partial charge is 0.225 e. The summed E-state index contributed by atoms with van der Waals surface area (Å²) >= 11 is 3.40. The van der Waals surface area contributed by atoms with E-state index in [1.165, 1.54) is 12.8 Å². The molecule has 14 heavy (non-hydrogen) atoms. The van der Waals surface area contributed by atoms with E-state index in [9.17, 15) is 4.79 Å². The van der Waals surface area contributed by atoms with Gasteiger partial charge in [-0.25, -0.2) is 0 Å². The molecule has 0 rings (SSSR count). The van der Waals surface area contributed by atoms with Crippen molar-refractivity contribution >= 4 is 21.8 Å². The molecule has 0 aliphatic heterocycles. The summed E-state index contributed by atoms with van der Waals surface area (Å²) in [6, 6.07) is 0. The summed E-state index contributed by atoms with van der Waals surface area (Å²) in [5.41, 5.74) is 0. The van der Waals surface area contributed by atoms with Crippen LogP contribution in [0.15, 0.2) is 0 Å². The van der Waals surface area contributed by atoms with Crippen LogP contribution in [-0.2, 0) is 4.79 Å². The van der Waals surface area contributed by atoms with Crippen LogP contribution in [0.4, 0.5) is 0 Å². The van der Waals surface area contributed by atoms with Gasteiger partial charge in [0.1, 0.15) is 0 Å². The Labute approximate surface area is 96.2 Å². The Balaban J connectivity index is 3.62. The van der Waals surface area contributed by atoms with E-state index >= 15 is 0 Å². The van der Waals surface area contributed by atoms with Crippen molar-refractivity contribution in [3.05, 3.63) is 0 Å². The first-order valence-electron chi connectivity index (χ1n) is 5.44. The highest BCUT2D eigenvalue weighted by molar-refractivity contribution is 9.09. The van der Waals surface area contributed by atoms with E-state index in [2.05, 4.69) is 22.9 Å². The fourth-order valence-electron chi connectivity index (χ4n) is 1.28. The van der Waals surface area contributed by atoms with Gasteiger partial charge in [0.15, 0.2) is 0 Å². The molecule has 0 bridgehead atoms. The SMILES string of the molecule is CCC(C)C(=O)N(C)CCCCCBr. The van der Waals surface area contributed by atoms with Crippen molar-refractivity contribution in [2.75, 3.05) is 18.9 Å². The van der Waals surface area contributed by atoms with Gasteiger partial charge < -0.3 is 4.90 Å². The molecule has 0 aliphatic carbocycles. The van der Waals surface area contributed by atoms with E-state index in [-0.39, 0.29) is 11.8 Å². The predicted molar refractivity (Wildman–Crippen MR) is 64.7 cm³/mol. The van der Waals surface area contributed by atoms with Gasteiger partial charge in [-0.05, 0) is 19.3 Å². The maximum atomic E-state index is 11.7. The Morgan fingerprint density at radius 1 is 1.36 bits per heavy atom. The van der Waals surface area contributed by atoms with Gasteiger partial charge in [-0.15, -0.1) is 0 Å². The first-order valence-corrected chi connectivity index (χ1v) is 6.56. The van der Waals surface area contributed by atoms with Crippen LogP contribution in [0.3, 0.4) is 0 Å². The number of halogens is 1. The first kappa shape index (κ1) is 13.9. The van der Waals surface area contributed by atoms with Crippen LogP contribution in [0.5, 0.6) is 0 Å². The number of rotatable bonds is 7. The lowest BCUT2D eigenvalue weighted by Gasteiger charge is -2.20. The molecule has 0 radical (unpaired) electrons. The van der Waals surface area contributed by atoms with Crippen molar-refractivity contribution in [3.63, 3.8) is 0 Å². The summed E-state index contributed by atoms with van der Waals surface area (Å²) in [4.78, 5) is 13.5. The van der Waals surface area contributed by atoms with Gasteiger partial charge in [0.2, 0.25) is 5.91 Å². The average molecular weight is 264 g/mol. The van der Waals surface area contributed by atoms with Crippen LogP contribution in [0.2, 0.25) is 0 Å². The number of hydrogen-bond acceptors (Lipinski definition) is 1. The molecule has 0 N–H and O–H groups in total. The Kier molecular flexibility index (Phi) is 8.24. The molecule has 2 nitrogen and oxygen atoms in total. The lowest BCUT2D eigenvalue weighted by molar-refractivity contribution is -0.133. The molecule has 0 aliphatic rings. The Morgan fingerprint density at radius 2 is 2.00 bits per heavy atom. The van der Waals surface area contributed by atoms with Crippen molar-refractivity contribution in [1.29, 1.82) is 0 Å². The van der Waals surface area contributed by atoms with E-state index in [1.807, 2.05) is 18.9 Å². The number of nitrogens with zero attached hydrogens (tertiary/aromatic N) is 1. The molecule has 0 heterocycles. The monoisotopic (exact) mass is 263 g/mol. The normalized spacial score (nSPS) is 12.6. The molecule has 0 aromatic rings. The predicted octanol–water partition coefficient (Wildman–Crippen LogP) is 3.06. The maximum absolute atomic E-state index is 11.7. The van der Waals surface area contributed by atoms with Crippen molar-refractivity contribution < 1.29 is 4.79 Å². The van der Waals surface area contributed by atoms with Crippen LogP contribution in [-0.4, -0.2) is 29.7 Å². The standard InChI is InChI=1S/C11H22BrNO/c1-4-10(2)11(14)13(3)9-7-5-6-8-12/h10H,4-9H2,1-3H3. The molecule has 0 fully saturated rings. The number of carbonyl (C=O) groups is 1. The van der Waals surface area contributed by atoms with Gasteiger partial charge in [0.25, 0.3) is 0 Å². The maximum Gasteiger partial charge on any atom is 0.225 e. The number of alkyl halides is 1. The van der Waals surface area contributed by atoms with Crippen LogP contribution in [0.25, 0.3) is 0 Å². The quantitative estimate of drug-likeness (QED) is 0.511. The highest BCUT2D eigenvalue weighted by Gasteiger charge is 2.14. The lowest BCUT2D eigenvalue weighted by atomic mass is 10.1. The molecule has 84 valence electrons. The van der Waals surface area contributed by atoms with Gasteiger partial charge in [-0.2, -0.15) is 0 Å². The van der Waals surface area contributed by atoms with E-state index in [0.29, 0.717) is 0 Å². The summed E-state index contributed by atoms with van der Waals surface area (Å²) in [5, 5.41) is 1.07. The third-order valence-corrected chi connectivity index (χ3v) is 3.10. The van der Waals surface area contributed by atoms with Gasteiger partial charge in [-0.3, -0.25) is 4.79 Å². The average Bonchev–Trinajstić information content (AvgIpc) is 2.21. The lowest BCUT2D eigenvalue weighted by Crippen LogP contribution is -2.32. The minimum atomic E-state index is 0.177. The Morgan fingerprint density at radius 3 is 2.50 bits per heavy atom. The Bertz CT molecular complexity index is 161. The van der Waals surface area contributed by atoms with Crippen molar-refractivity contribution in [3.8, 4) is 0 Å². The third kappa shape index (κ3) is 5.63. The molecule has 0 saturated carbocycles. The van der Waals surface area contributed by atoms with Crippen LogP contribution < -0.4 is 0 Å². The van der Waals surface area contributed by atoms with E-state index < -0.39 is 0 Å². The number of hydrogen-bond donors (Lipinski definition) is 0. The Hall–Kier alpha value is -0.0500. The molecule has 0 aromatic heterocycles. The van der Waals surface area contributed by atoms with E-state index in [4.69, 9.17) is 0 Å². The minimum Gasteiger partial charge on any atom is -0.346 e. The summed E-state index contributed by atoms with van der Waals surface area (Å²) in [6.07, 6.45) is 4.45. The number of carbonyl (C=O) groups excluding carboxylic acids is 1. The highest BCUT2D eigenvalue weighted by Crippen LogP contribution is 2.07. The number of unbranched alkanes of at least 4 members (excludes halogenated alkanes) is 2. The van der Waals surface area contributed by atoms with Crippen molar-refractivity contribution in [1.82, 2.24) is 4.90 Å². The fraction of sp³-hybridized carbons (Fsp3) is 0.909. The zero-order valence-corrected chi connectivity index (χ0v) is 11.1. The van der Waals surface area contributed by atoms with Crippen LogP contribution in [0, 0.1) is 5.92 Å². The van der Waals surface area contributed by atoms with Crippen molar-refractivity contribution in [2.24, 2.45) is 5.92 Å². The second-order valence-corrected chi connectivity index (χ2v) is 4.61. The summed E-state index contributed by atoms with van der Waals surface area (Å²) in [7, 11) is 1.91. The third-order valence-electron chi connectivity index (χ3n) is 2.54. The van der Waals surface area contributed by atoms with E-state index in [1.54, 1.807) is 0 Å². The zero-order valence-electron chi connectivity index (χ0n) is 9.55. The first-order chi connectivity index (χ1) is 6.63. The second-order valence-electron chi connectivity index (χ2n) is 3.82. The second kappa shape index (κ2) is 8.27. The van der Waals surface area contributed by atoms with E-state index in [0.717, 1.165) is 24.7 Å². The van der Waals surface area contributed by atoms with Gasteiger partial charge in [0.05, 0.1) is 0 Å². The molecule has 1 atom stereocenters. The zero-order chi connectivity index (χ0) is 11.0. The van der Waals surface area contributed by atoms with Crippen molar-refractivity contribution in [2.45, 2.75) is 39.5 Å².